The van der Waals surface area contributed by atoms with E-state index in [1.807, 2.05) is 82.3 Å². The van der Waals surface area contributed by atoms with Crippen molar-refractivity contribution in [2.45, 2.75) is 51.6 Å². The monoisotopic (exact) mass is 627 g/mol. The van der Waals surface area contributed by atoms with Crippen molar-refractivity contribution < 1.29 is 22.7 Å². The fourth-order valence-corrected chi connectivity index (χ4v) is 6.30. The van der Waals surface area contributed by atoms with Crippen LogP contribution in [0, 0.1) is 12.8 Å². The quantitative estimate of drug-likeness (QED) is 0.171. The molecule has 2 amide bonds. The van der Waals surface area contributed by atoms with Gasteiger partial charge in [-0.25, -0.2) is 8.42 Å². The van der Waals surface area contributed by atoms with Crippen LogP contribution < -0.4 is 14.4 Å². The maximum Gasteiger partial charge on any atom is 0.264 e. The third-order valence-electron chi connectivity index (χ3n) is 7.39. The van der Waals surface area contributed by atoms with E-state index in [2.05, 4.69) is 5.32 Å². The molecule has 0 aromatic heterocycles. The summed E-state index contributed by atoms with van der Waals surface area (Å²) in [5.74, 6) is 0.624. The van der Waals surface area contributed by atoms with E-state index in [9.17, 15) is 18.0 Å². The molecule has 45 heavy (non-hydrogen) atoms. The van der Waals surface area contributed by atoms with Crippen LogP contribution in [-0.2, 0) is 26.2 Å². The molecule has 0 spiro atoms. The van der Waals surface area contributed by atoms with E-state index < -0.39 is 28.5 Å². The van der Waals surface area contributed by atoms with Crippen molar-refractivity contribution in [1.82, 2.24) is 10.2 Å². The summed E-state index contributed by atoms with van der Waals surface area (Å²) in [5.41, 5.74) is 2.14. The summed E-state index contributed by atoms with van der Waals surface area (Å²) in [5, 5.41) is 2.96. The van der Waals surface area contributed by atoms with E-state index in [1.54, 1.807) is 42.5 Å². The van der Waals surface area contributed by atoms with Crippen LogP contribution in [0.5, 0.6) is 11.5 Å². The van der Waals surface area contributed by atoms with Gasteiger partial charge in [0.2, 0.25) is 11.8 Å². The number of nitrogens with one attached hydrogen (secondary N) is 1. The molecule has 236 valence electrons. The fraction of sp³-hybridized carbons (Fsp3) is 0.278. The van der Waals surface area contributed by atoms with E-state index in [0.717, 1.165) is 15.4 Å². The molecule has 9 heteroatoms. The Morgan fingerprint density at radius 3 is 1.98 bits per heavy atom. The molecule has 8 nitrogen and oxygen atoms in total. The summed E-state index contributed by atoms with van der Waals surface area (Å²) in [6.45, 7) is 7.91. The molecular formula is C36H41N3O5S. The summed E-state index contributed by atoms with van der Waals surface area (Å²) in [6, 6.07) is 30.7. The Bertz CT molecular complexity index is 1660. The average molecular weight is 628 g/mol. The van der Waals surface area contributed by atoms with E-state index in [0.29, 0.717) is 30.2 Å². The first kappa shape index (κ1) is 33.3. The van der Waals surface area contributed by atoms with Gasteiger partial charge < -0.3 is 15.0 Å². The highest BCUT2D eigenvalue weighted by Gasteiger charge is 2.34. The predicted octanol–water partition coefficient (Wildman–Crippen LogP) is 6.56. The number of carbonyl (C=O) groups excluding carboxylic acids is 2. The number of nitrogens with zero attached hydrogens (tertiary/aromatic N) is 2. The van der Waals surface area contributed by atoms with E-state index in [1.165, 1.54) is 17.0 Å². The third-order valence-corrected chi connectivity index (χ3v) is 9.17. The summed E-state index contributed by atoms with van der Waals surface area (Å²) in [4.78, 5) is 29.2. The molecule has 0 bridgehead atoms. The minimum Gasteiger partial charge on any atom is -0.457 e. The van der Waals surface area contributed by atoms with Crippen LogP contribution in [0.15, 0.2) is 114 Å². The van der Waals surface area contributed by atoms with Crippen LogP contribution >= 0.6 is 0 Å². The highest BCUT2D eigenvalue weighted by Crippen LogP contribution is 2.29. The third kappa shape index (κ3) is 8.73. The van der Waals surface area contributed by atoms with Gasteiger partial charge in [0.1, 0.15) is 24.1 Å². The Morgan fingerprint density at radius 2 is 1.38 bits per heavy atom. The molecule has 0 saturated carbocycles. The van der Waals surface area contributed by atoms with Crippen LogP contribution in [0.4, 0.5) is 5.69 Å². The first-order valence-corrected chi connectivity index (χ1v) is 16.6. The lowest BCUT2D eigenvalue weighted by Crippen LogP contribution is -2.52. The number of amides is 2. The number of sulfonamides is 1. The first-order valence-electron chi connectivity index (χ1n) is 15.1. The van der Waals surface area contributed by atoms with Crippen molar-refractivity contribution in [2.75, 3.05) is 17.4 Å². The molecule has 0 radical (unpaired) electrons. The molecule has 0 aliphatic heterocycles. The number of hydrogen-bond donors (Lipinski definition) is 1. The van der Waals surface area contributed by atoms with Gasteiger partial charge >= 0.3 is 0 Å². The SMILES string of the molecule is CC[C@@H](C(=O)NCC(C)C)N(Cc1ccccc1C)C(=O)CN(c1ccc(Oc2ccccc2)cc1)S(=O)(=O)c1ccccc1. The predicted molar refractivity (Wildman–Crippen MR) is 178 cm³/mol. The van der Waals surface area contributed by atoms with Gasteiger partial charge in [-0.05, 0) is 78.9 Å². The number of para-hydroxylation sites is 1. The molecule has 0 fully saturated rings. The maximum absolute atomic E-state index is 14.3. The summed E-state index contributed by atoms with van der Waals surface area (Å²) >= 11 is 0. The topological polar surface area (TPSA) is 96.0 Å². The molecule has 0 aliphatic rings. The molecular weight excluding hydrogens is 586 g/mol. The molecule has 1 N–H and O–H groups in total. The Hall–Kier alpha value is -4.63. The Labute approximate surface area is 266 Å². The summed E-state index contributed by atoms with van der Waals surface area (Å²) in [6.07, 6.45) is 0.360. The zero-order valence-corrected chi connectivity index (χ0v) is 27.0. The van der Waals surface area contributed by atoms with Crippen LogP contribution in [0.2, 0.25) is 0 Å². The molecule has 4 aromatic rings. The normalized spacial score (nSPS) is 11.9. The van der Waals surface area contributed by atoms with Gasteiger partial charge in [0.15, 0.2) is 0 Å². The van der Waals surface area contributed by atoms with Crippen LogP contribution in [-0.4, -0.2) is 44.3 Å². The van der Waals surface area contributed by atoms with Crippen molar-refractivity contribution in [3.63, 3.8) is 0 Å². The smallest absolute Gasteiger partial charge is 0.264 e. The average Bonchev–Trinajstić information content (AvgIpc) is 3.04. The zero-order valence-electron chi connectivity index (χ0n) is 26.2. The number of hydrogen-bond acceptors (Lipinski definition) is 5. The number of anilines is 1. The molecule has 4 rings (SSSR count). The van der Waals surface area contributed by atoms with Crippen molar-refractivity contribution in [3.05, 3.63) is 120 Å². The van der Waals surface area contributed by atoms with Crippen LogP contribution in [0.25, 0.3) is 0 Å². The second-order valence-electron chi connectivity index (χ2n) is 11.2. The van der Waals surface area contributed by atoms with Crippen LogP contribution in [0.1, 0.15) is 38.3 Å². The van der Waals surface area contributed by atoms with Crippen molar-refractivity contribution >= 4 is 27.5 Å². The van der Waals surface area contributed by atoms with Crippen molar-refractivity contribution in [2.24, 2.45) is 5.92 Å². The number of rotatable bonds is 14. The second-order valence-corrected chi connectivity index (χ2v) is 13.1. The molecule has 0 aliphatic carbocycles. The maximum atomic E-state index is 14.3. The largest absolute Gasteiger partial charge is 0.457 e. The van der Waals surface area contributed by atoms with Gasteiger partial charge in [-0.3, -0.25) is 13.9 Å². The second kappa shape index (κ2) is 15.4. The standard InChI is InChI=1S/C36H41N3O5S/c1-5-34(36(41)37-24-27(2)3)38(25-29-15-13-12-14-28(29)4)35(40)26-39(45(42,43)33-18-10-7-11-19-33)30-20-22-32(23-21-30)44-31-16-8-6-9-17-31/h6-23,27,34H,5,24-26H2,1-4H3,(H,37,41)/t34-/m0/s1. The number of benzene rings is 4. The molecule has 0 heterocycles. The van der Waals surface area contributed by atoms with Crippen molar-refractivity contribution in [1.29, 1.82) is 0 Å². The fourth-order valence-electron chi connectivity index (χ4n) is 4.87. The highest BCUT2D eigenvalue weighted by atomic mass is 32.2. The van der Waals surface area contributed by atoms with Gasteiger partial charge in [-0.1, -0.05) is 81.4 Å². The van der Waals surface area contributed by atoms with Gasteiger partial charge in [0.05, 0.1) is 10.6 Å². The van der Waals surface area contributed by atoms with Gasteiger partial charge in [0.25, 0.3) is 10.0 Å². The lowest BCUT2D eigenvalue weighted by atomic mass is 10.1. The Morgan fingerprint density at radius 1 is 0.800 bits per heavy atom. The number of carbonyl (C=O) groups is 2. The van der Waals surface area contributed by atoms with E-state index >= 15 is 0 Å². The first-order chi connectivity index (χ1) is 21.6. The molecule has 1 atom stereocenters. The minimum absolute atomic E-state index is 0.0505. The Balaban J connectivity index is 1.71. The van der Waals surface area contributed by atoms with Crippen molar-refractivity contribution in [3.8, 4) is 11.5 Å². The summed E-state index contributed by atoms with van der Waals surface area (Å²) in [7, 11) is -4.17. The Kier molecular flexibility index (Phi) is 11.4. The van der Waals surface area contributed by atoms with E-state index in [4.69, 9.17) is 4.74 Å². The van der Waals surface area contributed by atoms with Gasteiger partial charge in [-0.15, -0.1) is 0 Å². The van der Waals surface area contributed by atoms with E-state index in [-0.39, 0.29) is 23.3 Å². The minimum atomic E-state index is -4.17. The summed E-state index contributed by atoms with van der Waals surface area (Å²) < 4.78 is 35.2. The molecule has 4 aromatic carbocycles. The lowest BCUT2D eigenvalue weighted by Gasteiger charge is -2.33. The number of aryl methyl sites for hydroxylation is 1. The van der Waals surface area contributed by atoms with Crippen LogP contribution in [0.3, 0.4) is 0 Å². The van der Waals surface area contributed by atoms with Gasteiger partial charge in [-0.2, -0.15) is 0 Å². The molecule has 0 saturated heterocycles. The highest BCUT2D eigenvalue weighted by molar-refractivity contribution is 7.92. The van der Waals surface area contributed by atoms with Gasteiger partial charge in [0, 0.05) is 13.1 Å². The number of ether oxygens (including phenoxy) is 1. The molecule has 0 unspecified atom stereocenters. The zero-order chi connectivity index (χ0) is 32.4. The lowest BCUT2D eigenvalue weighted by molar-refractivity contribution is -0.140.